The summed E-state index contributed by atoms with van der Waals surface area (Å²) in [6, 6.07) is 8.89. The van der Waals surface area contributed by atoms with Crippen LogP contribution in [0.5, 0.6) is 0 Å². The number of nitrogens with zero attached hydrogens (tertiary/aromatic N) is 2. The largest absolute Gasteiger partial charge is 0.478 e. The maximum absolute atomic E-state index is 12.3. The molecule has 1 heterocycles. The molecule has 1 atom stereocenters. The topological polar surface area (TPSA) is 96.4 Å². The van der Waals surface area contributed by atoms with Crippen molar-refractivity contribution in [1.29, 1.82) is 0 Å². The molecular weight excluding hydrogens is 316 g/mol. The summed E-state index contributed by atoms with van der Waals surface area (Å²) in [7, 11) is 1.39. The van der Waals surface area contributed by atoms with Crippen LogP contribution in [0.2, 0.25) is 0 Å². The minimum absolute atomic E-state index is 0.0573. The van der Waals surface area contributed by atoms with Crippen LogP contribution in [-0.2, 0) is 25.5 Å². The highest BCUT2D eigenvalue weighted by Gasteiger charge is 2.34. The predicted octanol–water partition coefficient (Wildman–Crippen LogP) is 0.915. The molecule has 0 saturated carbocycles. The number of methoxy groups -OCH3 is 1. The number of hydrogen-bond acceptors (Lipinski definition) is 5. The van der Waals surface area contributed by atoms with Crippen LogP contribution in [0.1, 0.15) is 12.0 Å². The number of benzene rings is 1. The fourth-order valence-electron chi connectivity index (χ4n) is 2.45. The Hall–Kier alpha value is -2.61. The molecule has 0 spiro atoms. The lowest BCUT2D eigenvalue weighted by Gasteiger charge is -2.28. The van der Waals surface area contributed by atoms with Crippen molar-refractivity contribution in [2.24, 2.45) is 0 Å². The van der Waals surface area contributed by atoms with E-state index in [4.69, 9.17) is 9.47 Å². The highest BCUT2D eigenvalue weighted by molar-refractivity contribution is 5.82. The van der Waals surface area contributed by atoms with Crippen LogP contribution in [0.4, 0.5) is 4.79 Å². The molecule has 1 saturated heterocycles. The maximum Gasteiger partial charge on any atom is 0.429 e. The van der Waals surface area contributed by atoms with E-state index in [1.807, 2.05) is 6.07 Å². The molecule has 2 amide bonds. The lowest BCUT2D eigenvalue weighted by molar-refractivity contribution is -0.151. The molecule has 1 aromatic carbocycles. The molecule has 24 heavy (non-hydrogen) atoms. The molecule has 2 rings (SSSR count). The number of carbonyl (C=O) groups is 3. The lowest BCUT2D eigenvalue weighted by atomic mass is 10.1. The Morgan fingerprint density at radius 2 is 1.83 bits per heavy atom. The van der Waals surface area contributed by atoms with Gasteiger partial charge < -0.3 is 14.6 Å². The van der Waals surface area contributed by atoms with Crippen molar-refractivity contribution in [3.63, 3.8) is 0 Å². The Bertz CT molecular complexity index is 591. The maximum atomic E-state index is 12.3. The third-order valence-corrected chi connectivity index (χ3v) is 3.58. The van der Waals surface area contributed by atoms with Gasteiger partial charge in [-0.3, -0.25) is 4.79 Å². The molecule has 0 bridgehead atoms. The number of carboxylic acid groups (broad SMARTS) is 1. The molecule has 1 fully saturated rings. The first kappa shape index (κ1) is 17.7. The van der Waals surface area contributed by atoms with Crippen molar-refractivity contribution in [1.82, 2.24) is 10.0 Å². The second-order valence-corrected chi connectivity index (χ2v) is 5.33. The van der Waals surface area contributed by atoms with Gasteiger partial charge in [-0.25, -0.2) is 19.6 Å². The van der Waals surface area contributed by atoms with Gasteiger partial charge in [0.2, 0.25) is 6.10 Å². The average Bonchev–Trinajstić information content (AvgIpc) is 3.05. The van der Waals surface area contributed by atoms with Crippen molar-refractivity contribution in [3.8, 4) is 0 Å². The van der Waals surface area contributed by atoms with Crippen molar-refractivity contribution in [3.05, 3.63) is 35.9 Å². The van der Waals surface area contributed by atoms with Crippen molar-refractivity contribution >= 4 is 18.0 Å². The van der Waals surface area contributed by atoms with Gasteiger partial charge in [-0.05, 0) is 12.0 Å². The molecule has 8 heteroatoms. The van der Waals surface area contributed by atoms with Gasteiger partial charge in [-0.2, -0.15) is 0 Å². The summed E-state index contributed by atoms with van der Waals surface area (Å²) >= 11 is 0. The quantitative estimate of drug-likeness (QED) is 0.830. The number of carboxylic acids is 1. The van der Waals surface area contributed by atoms with Crippen LogP contribution in [0, 0.1) is 0 Å². The van der Waals surface area contributed by atoms with Gasteiger partial charge in [0, 0.05) is 26.6 Å². The summed E-state index contributed by atoms with van der Waals surface area (Å²) in [6.45, 7) is 0.510. The zero-order valence-electron chi connectivity index (χ0n) is 13.4. The van der Waals surface area contributed by atoms with Gasteiger partial charge in [0.25, 0.3) is 5.91 Å². The first-order chi connectivity index (χ1) is 11.5. The van der Waals surface area contributed by atoms with Gasteiger partial charge in [0.05, 0.1) is 0 Å². The molecule has 0 aliphatic carbocycles. The highest BCUT2D eigenvalue weighted by Crippen LogP contribution is 2.15. The first-order valence-electron chi connectivity index (χ1n) is 7.57. The van der Waals surface area contributed by atoms with E-state index in [9.17, 15) is 19.5 Å². The van der Waals surface area contributed by atoms with Crippen LogP contribution in [0.3, 0.4) is 0 Å². The van der Waals surface area contributed by atoms with E-state index in [1.54, 1.807) is 24.3 Å². The molecule has 1 aromatic rings. The summed E-state index contributed by atoms with van der Waals surface area (Å²) in [5.41, 5.74) is 0.742. The molecular formula is C16H20N2O6. The highest BCUT2D eigenvalue weighted by atomic mass is 16.6. The van der Waals surface area contributed by atoms with Crippen LogP contribution < -0.4 is 0 Å². The van der Waals surface area contributed by atoms with E-state index in [0.717, 1.165) is 10.6 Å². The molecule has 0 aromatic heterocycles. The minimum Gasteiger partial charge on any atom is -0.478 e. The van der Waals surface area contributed by atoms with E-state index in [0.29, 0.717) is 19.5 Å². The monoisotopic (exact) mass is 336 g/mol. The van der Waals surface area contributed by atoms with E-state index in [2.05, 4.69) is 0 Å². The SMILES string of the molecule is COCC(=O)N1CCCN1C(=O)O[C@@H](Cc1ccccc1)C(=O)O. The first-order valence-corrected chi connectivity index (χ1v) is 7.57. The van der Waals surface area contributed by atoms with E-state index < -0.39 is 18.2 Å². The zero-order chi connectivity index (χ0) is 17.5. The second-order valence-electron chi connectivity index (χ2n) is 5.33. The number of aliphatic carboxylic acids is 1. The second kappa shape index (κ2) is 8.30. The van der Waals surface area contributed by atoms with Crippen molar-refractivity contribution < 1.29 is 29.0 Å². The van der Waals surface area contributed by atoms with Gasteiger partial charge in [-0.15, -0.1) is 0 Å². The lowest BCUT2D eigenvalue weighted by Crippen LogP contribution is -2.48. The Morgan fingerprint density at radius 3 is 2.46 bits per heavy atom. The van der Waals surface area contributed by atoms with Gasteiger partial charge in [-0.1, -0.05) is 30.3 Å². The predicted molar refractivity (Wildman–Crippen MR) is 83.0 cm³/mol. The smallest absolute Gasteiger partial charge is 0.429 e. The number of carbonyl (C=O) groups excluding carboxylic acids is 2. The zero-order valence-corrected chi connectivity index (χ0v) is 13.4. The summed E-state index contributed by atoms with van der Waals surface area (Å²) in [5.74, 6) is -1.61. The van der Waals surface area contributed by atoms with Crippen LogP contribution >= 0.6 is 0 Å². The van der Waals surface area contributed by atoms with E-state index in [-0.39, 0.29) is 18.9 Å². The number of hydrogen-bond donors (Lipinski definition) is 1. The number of amides is 2. The Kier molecular flexibility index (Phi) is 6.14. The van der Waals surface area contributed by atoms with Crippen LogP contribution in [-0.4, -0.2) is 66.0 Å². The molecule has 1 aliphatic rings. The number of hydrazine groups is 1. The number of rotatable bonds is 6. The summed E-state index contributed by atoms with van der Waals surface area (Å²) in [6.07, 6.45) is -1.51. The fraction of sp³-hybridized carbons (Fsp3) is 0.438. The Labute approximate surface area is 139 Å². The molecule has 0 unspecified atom stereocenters. The Balaban J connectivity index is 2.02. The third-order valence-electron chi connectivity index (χ3n) is 3.58. The molecule has 8 nitrogen and oxygen atoms in total. The normalized spacial score (nSPS) is 15.2. The van der Waals surface area contributed by atoms with Crippen molar-refractivity contribution in [2.45, 2.75) is 18.9 Å². The van der Waals surface area contributed by atoms with Crippen LogP contribution in [0.25, 0.3) is 0 Å². The van der Waals surface area contributed by atoms with Gasteiger partial charge >= 0.3 is 12.1 Å². The summed E-state index contributed by atoms with van der Waals surface area (Å²) in [5, 5.41) is 11.6. The summed E-state index contributed by atoms with van der Waals surface area (Å²) in [4.78, 5) is 35.6. The minimum atomic E-state index is -1.32. The standard InChI is InChI=1S/C16H20N2O6/c1-23-11-14(19)17-8-5-9-18(17)16(22)24-13(15(20)21)10-12-6-3-2-4-7-12/h2-4,6-7,13H,5,8-11H2,1H3,(H,20,21)/t13-/m0/s1. The molecule has 0 radical (unpaired) electrons. The average molecular weight is 336 g/mol. The van der Waals surface area contributed by atoms with Gasteiger partial charge in [0.1, 0.15) is 6.61 Å². The number of ether oxygens (including phenoxy) is 2. The molecule has 1 aliphatic heterocycles. The molecule has 130 valence electrons. The van der Waals surface area contributed by atoms with Crippen LogP contribution in [0.15, 0.2) is 30.3 Å². The fourth-order valence-corrected chi connectivity index (χ4v) is 2.45. The molecule has 1 N–H and O–H groups in total. The third kappa shape index (κ3) is 4.45. The van der Waals surface area contributed by atoms with Gasteiger partial charge in [0.15, 0.2) is 0 Å². The van der Waals surface area contributed by atoms with Crippen molar-refractivity contribution in [2.75, 3.05) is 26.8 Å². The van der Waals surface area contributed by atoms with E-state index in [1.165, 1.54) is 12.1 Å². The van der Waals surface area contributed by atoms with E-state index >= 15 is 0 Å². The summed E-state index contributed by atoms with van der Waals surface area (Å²) < 4.78 is 9.89. The Morgan fingerprint density at radius 1 is 1.17 bits per heavy atom.